The van der Waals surface area contributed by atoms with Gasteiger partial charge in [-0.25, -0.2) is 4.79 Å². The minimum Gasteiger partial charge on any atom is -0.494 e. The van der Waals surface area contributed by atoms with Gasteiger partial charge in [-0.2, -0.15) is 15.0 Å². The lowest BCUT2D eigenvalue weighted by atomic mass is 10.0. The molecule has 0 saturated heterocycles. The Hall–Kier alpha value is -8.67. The predicted molar refractivity (Wildman–Crippen MR) is 277 cm³/mol. The minimum absolute atomic E-state index is 0.221. The van der Waals surface area contributed by atoms with Crippen LogP contribution in [0.15, 0.2) is 143 Å². The molecule has 390 valence electrons. The van der Waals surface area contributed by atoms with Crippen LogP contribution < -0.4 is 14.2 Å². The number of esters is 3. The molecule has 0 aliphatic carbocycles. The highest BCUT2D eigenvalue weighted by atomic mass is 16.5. The van der Waals surface area contributed by atoms with Gasteiger partial charge < -0.3 is 42.0 Å². The van der Waals surface area contributed by atoms with Gasteiger partial charge in [-0.05, 0) is 142 Å². The van der Waals surface area contributed by atoms with Gasteiger partial charge in [0.15, 0.2) is 0 Å². The molecule has 0 aliphatic rings. The topological polar surface area (TPSA) is 223 Å². The summed E-state index contributed by atoms with van der Waals surface area (Å²) < 4.78 is 49.9. The van der Waals surface area contributed by atoms with E-state index in [2.05, 4.69) is 35.2 Å². The van der Waals surface area contributed by atoms with E-state index in [0.29, 0.717) is 90.7 Å². The molecule has 3 aromatic heterocycles. The van der Waals surface area contributed by atoms with Gasteiger partial charge in [0.25, 0.3) is 17.7 Å². The van der Waals surface area contributed by atoms with Gasteiger partial charge in [-0.3, -0.25) is 9.59 Å². The molecule has 3 heterocycles. The van der Waals surface area contributed by atoms with Crippen molar-refractivity contribution in [1.82, 2.24) is 30.4 Å². The second-order valence-electron chi connectivity index (χ2n) is 17.1. The molecule has 0 amide bonds. The maximum absolute atomic E-state index is 11.5. The molecule has 0 atom stereocenters. The van der Waals surface area contributed by atoms with Crippen molar-refractivity contribution >= 4 is 17.9 Å². The molecule has 0 spiro atoms. The number of carbonyl (C=O) groups is 3. The van der Waals surface area contributed by atoms with E-state index in [-0.39, 0.29) is 29.6 Å². The normalized spacial score (nSPS) is 10.9. The molecule has 0 saturated carbocycles. The van der Waals surface area contributed by atoms with Gasteiger partial charge >= 0.3 is 17.9 Å². The smallest absolute Gasteiger partial charge is 0.330 e. The number of hydrogen-bond donors (Lipinski definition) is 0. The SMILES string of the molecule is C=COC(=O)CCCCCCOc1ccc(-c2noc(-c3cc(-c4nc(-c5ccc(OCCCCCCOC(=O)C=C)cc5)no4)cc(-c4nc(-c5ccc(OCCCCCCC(=O)OC=C)cc5)no4)c3)n2)cc1. The number of rotatable bonds is 33. The Morgan fingerprint density at radius 1 is 0.413 bits per heavy atom. The summed E-state index contributed by atoms with van der Waals surface area (Å²) in [5, 5.41) is 12.9. The van der Waals surface area contributed by atoms with Gasteiger partial charge in [-0.1, -0.05) is 60.9 Å². The summed E-state index contributed by atoms with van der Waals surface area (Å²) in [4.78, 5) is 48.5. The average Bonchev–Trinajstić information content (AvgIpc) is 4.25. The summed E-state index contributed by atoms with van der Waals surface area (Å²) in [5.74, 6) is 2.94. The van der Waals surface area contributed by atoms with Crippen LogP contribution in [0, 0.1) is 0 Å². The highest BCUT2D eigenvalue weighted by molar-refractivity contribution is 5.81. The number of benzene rings is 4. The van der Waals surface area contributed by atoms with Crippen LogP contribution in [0.3, 0.4) is 0 Å². The Morgan fingerprint density at radius 3 is 1.05 bits per heavy atom. The van der Waals surface area contributed by atoms with Crippen LogP contribution >= 0.6 is 0 Å². The van der Waals surface area contributed by atoms with Gasteiger partial charge in [0.05, 0.1) is 39.0 Å². The molecule has 0 N–H and O–H groups in total. The predicted octanol–water partition coefficient (Wildman–Crippen LogP) is 12.5. The van der Waals surface area contributed by atoms with Crippen LogP contribution in [0.25, 0.3) is 68.5 Å². The molecule has 0 fully saturated rings. The van der Waals surface area contributed by atoms with Gasteiger partial charge in [0.2, 0.25) is 17.5 Å². The zero-order chi connectivity index (χ0) is 52.5. The van der Waals surface area contributed by atoms with Gasteiger partial charge in [0.1, 0.15) is 17.2 Å². The van der Waals surface area contributed by atoms with E-state index < -0.39 is 5.97 Å². The van der Waals surface area contributed by atoms with Crippen LogP contribution in [-0.4, -0.2) is 74.8 Å². The first kappa shape index (κ1) is 54.1. The van der Waals surface area contributed by atoms with E-state index in [9.17, 15) is 14.4 Å². The first-order valence-corrected chi connectivity index (χ1v) is 25.1. The Labute approximate surface area is 434 Å². The zero-order valence-corrected chi connectivity index (χ0v) is 41.8. The second kappa shape index (κ2) is 29.1. The number of carbonyl (C=O) groups excluding carboxylic acids is 3. The number of aromatic nitrogens is 6. The lowest BCUT2D eigenvalue weighted by molar-refractivity contribution is -0.139. The van der Waals surface area contributed by atoms with Crippen molar-refractivity contribution in [3.05, 3.63) is 129 Å². The third-order valence-corrected chi connectivity index (χ3v) is 11.5. The van der Waals surface area contributed by atoms with E-state index in [0.717, 1.165) is 112 Å². The monoisotopic (exact) mass is 1020 g/mol. The summed E-state index contributed by atoms with van der Waals surface area (Å²) >= 11 is 0. The van der Waals surface area contributed by atoms with Crippen LogP contribution in [0.2, 0.25) is 0 Å². The fourth-order valence-corrected chi connectivity index (χ4v) is 7.59. The Bertz CT molecular complexity index is 2790. The van der Waals surface area contributed by atoms with Crippen molar-refractivity contribution in [3.8, 4) is 85.8 Å². The first-order valence-electron chi connectivity index (χ1n) is 25.1. The molecular formula is C57H60N6O12. The molecule has 7 aromatic rings. The van der Waals surface area contributed by atoms with E-state index in [4.69, 9.17) is 56.9 Å². The van der Waals surface area contributed by atoms with Crippen LogP contribution in [-0.2, 0) is 28.6 Å². The molecule has 4 aromatic carbocycles. The van der Waals surface area contributed by atoms with Crippen molar-refractivity contribution in [2.45, 2.75) is 89.9 Å². The van der Waals surface area contributed by atoms with Crippen molar-refractivity contribution in [1.29, 1.82) is 0 Å². The Balaban J connectivity index is 1.01. The summed E-state index contributed by atoms with van der Waals surface area (Å²) in [6.45, 7) is 12.2. The number of unbranched alkanes of at least 4 members (excludes halogenated alkanes) is 9. The fraction of sp³-hybridized carbons (Fsp3) is 0.316. The molecule has 0 aliphatic heterocycles. The molecular weight excluding hydrogens is 961 g/mol. The third-order valence-electron chi connectivity index (χ3n) is 11.5. The number of nitrogens with zero attached hydrogens (tertiary/aromatic N) is 6. The lowest BCUT2D eigenvalue weighted by Crippen LogP contribution is -2.02. The van der Waals surface area contributed by atoms with E-state index in [1.807, 2.05) is 91.0 Å². The van der Waals surface area contributed by atoms with E-state index in [1.165, 1.54) is 0 Å². The zero-order valence-electron chi connectivity index (χ0n) is 41.8. The molecule has 18 nitrogen and oxygen atoms in total. The van der Waals surface area contributed by atoms with Crippen molar-refractivity contribution in [3.63, 3.8) is 0 Å². The highest BCUT2D eigenvalue weighted by Crippen LogP contribution is 2.34. The minimum atomic E-state index is -0.406. The molecule has 0 radical (unpaired) electrons. The molecule has 18 heteroatoms. The molecule has 75 heavy (non-hydrogen) atoms. The van der Waals surface area contributed by atoms with E-state index in [1.54, 1.807) is 0 Å². The summed E-state index contributed by atoms with van der Waals surface area (Å²) in [5.41, 5.74) is 3.76. The average molecular weight is 1020 g/mol. The first-order chi connectivity index (χ1) is 36.8. The maximum atomic E-state index is 11.5. The number of hydrogen-bond acceptors (Lipinski definition) is 18. The van der Waals surface area contributed by atoms with Crippen LogP contribution in [0.4, 0.5) is 0 Å². The van der Waals surface area contributed by atoms with Gasteiger partial charge in [-0.15, -0.1) is 0 Å². The van der Waals surface area contributed by atoms with Gasteiger partial charge in [0, 0.05) is 52.3 Å². The summed E-state index contributed by atoms with van der Waals surface area (Å²) in [7, 11) is 0. The number of ether oxygens (including phenoxy) is 6. The maximum Gasteiger partial charge on any atom is 0.330 e. The summed E-state index contributed by atoms with van der Waals surface area (Å²) in [6, 6.07) is 27.7. The third kappa shape index (κ3) is 17.2. The Morgan fingerprint density at radius 2 is 0.733 bits per heavy atom. The fourth-order valence-electron chi connectivity index (χ4n) is 7.59. The standard InChI is InChI=1S/C57H60N6O12/c1-4-49(64)72-36-18-12-11-17-35-71-48-31-25-42(26-32-48)54-60-57(75-63-54)45-38-43(55-58-52(61-73-55)40-21-27-46(28-22-40)69-33-15-9-7-13-19-50(65)67-5-2)37-44(39-45)56-59-53(62-74-56)41-23-29-47(30-24-41)70-34-16-10-8-14-20-51(66)68-6-3/h4-6,21-32,37-39H,1-3,7-20,33-36H2. The molecule has 0 unspecified atom stereocenters. The molecule has 7 rings (SSSR count). The van der Waals surface area contributed by atoms with Crippen molar-refractivity contribution in [2.24, 2.45) is 0 Å². The van der Waals surface area contributed by atoms with Crippen LogP contribution in [0.5, 0.6) is 17.2 Å². The van der Waals surface area contributed by atoms with Crippen LogP contribution in [0.1, 0.15) is 89.9 Å². The van der Waals surface area contributed by atoms with Crippen molar-refractivity contribution in [2.75, 3.05) is 26.4 Å². The largest absolute Gasteiger partial charge is 0.494 e. The molecule has 0 bridgehead atoms. The Kier molecular flexibility index (Phi) is 21.0. The quantitative estimate of drug-likeness (QED) is 0.0123. The van der Waals surface area contributed by atoms with Crippen molar-refractivity contribution < 1.29 is 56.4 Å². The lowest BCUT2D eigenvalue weighted by Gasteiger charge is -2.06. The van der Waals surface area contributed by atoms with E-state index >= 15 is 0 Å². The summed E-state index contributed by atoms with van der Waals surface area (Å²) in [6.07, 6.45) is 14.6. The highest BCUT2D eigenvalue weighted by Gasteiger charge is 2.20. The second-order valence-corrected chi connectivity index (χ2v) is 17.1.